The molecule has 1 unspecified atom stereocenters. The molecule has 1 atom stereocenters. The smallest absolute Gasteiger partial charge is 0.217 e. The highest BCUT2D eigenvalue weighted by molar-refractivity contribution is 5.73. The van der Waals surface area contributed by atoms with Crippen molar-refractivity contribution in [3.63, 3.8) is 0 Å². The van der Waals surface area contributed by atoms with Crippen LogP contribution in [0.1, 0.15) is 66.2 Å². The SMILES string of the molecule is CC(=O)NC(CC1CCCCC1)C(C)(C)C. The maximum absolute atomic E-state index is 11.2. The van der Waals surface area contributed by atoms with Crippen LogP contribution in [-0.4, -0.2) is 11.9 Å². The summed E-state index contributed by atoms with van der Waals surface area (Å²) in [6, 6.07) is 0.327. The van der Waals surface area contributed by atoms with Gasteiger partial charge in [0.25, 0.3) is 0 Å². The number of amides is 1. The Balaban J connectivity index is 2.51. The van der Waals surface area contributed by atoms with Gasteiger partial charge in [-0.2, -0.15) is 0 Å². The van der Waals surface area contributed by atoms with Crippen molar-refractivity contribution >= 4 is 5.91 Å². The molecule has 0 aliphatic heterocycles. The fraction of sp³-hybridized carbons (Fsp3) is 0.929. The molecule has 94 valence electrons. The van der Waals surface area contributed by atoms with Gasteiger partial charge in [-0.25, -0.2) is 0 Å². The molecule has 0 aromatic carbocycles. The summed E-state index contributed by atoms with van der Waals surface area (Å²) in [7, 11) is 0. The van der Waals surface area contributed by atoms with Gasteiger partial charge in [0.15, 0.2) is 0 Å². The van der Waals surface area contributed by atoms with Crippen LogP contribution < -0.4 is 5.32 Å². The summed E-state index contributed by atoms with van der Waals surface area (Å²) >= 11 is 0. The second-order valence-corrected chi connectivity index (χ2v) is 6.36. The first-order chi connectivity index (χ1) is 7.39. The van der Waals surface area contributed by atoms with Crippen LogP contribution in [0, 0.1) is 11.3 Å². The molecule has 0 bridgehead atoms. The molecule has 0 heterocycles. The second kappa shape index (κ2) is 5.70. The summed E-state index contributed by atoms with van der Waals surface area (Å²) in [5, 5.41) is 3.13. The van der Waals surface area contributed by atoms with E-state index < -0.39 is 0 Å². The zero-order valence-corrected chi connectivity index (χ0v) is 11.3. The van der Waals surface area contributed by atoms with Crippen molar-refractivity contribution in [3.05, 3.63) is 0 Å². The van der Waals surface area contributed by atoms with Crippen molar-refractivity contribution in [2.45, 2.75) is 72.3 Å². The quantitative estimate of drug-likeness (QED) is 0.782. The number of hydrogen-bond acceptors (Lipinski definition) is 1. The Labute approximate surface area is 100 Å². The van der Waals surface area contributed by atoms with E-state index in [1.165, 1.54) is 32.1 Å². The maximum Gasteiger partial charge on any atom is 0.217 e. The van der Waals surface area contributed by atoms with Crippen LogP contribution in [0.5, 0.6) is 0 Å². The summed E-state index contributed by atoms with van der Waals surface area (Å²) in [4.78, 5) is 11.2. The minimum atomic E-state index is 0.107. The van der Waals surface area contributed by atoms with E-state index in [-0.39, 0.29) is 11.3 Å². The zero-order chi connectivity index (χ0) is 12.2. The number of nitrogens with one attached hydrogen (secondary N) is 1. The fourth-order valence-electron chi connectivity index (χ4n) is 2.63. The average molecular weight is 225 g/mol. The first-order valence-electron chi connectivity index (χ1n) is 6.66. The first-order valence-corrected chi connectivity index (χ1v) is 6.66. The number of carbonyl (C=O) groups is 1. The summed E-state index contributed by atoms with van der Waals surface area (Å²) < 4.78 is 0. The lowest BCUT2D eigenvalue weighted by Gasteiger charge is -2.35. The minimum Gasteiger partial charge on any atom is -0.353 e. The van der Waals surface area contributed by atoms with E-state index >= 15 is 0 Å². The Morgan fingerprint density at radius 1 is 1.25 bits per heavy atom. The van der Waals surface area contributed by atoms with Gasteiger partial charge < -0.3 is 5.32 Å². The summed E-state index contributed by atoms with van der Waals surface area (Å²) in [6.07, 6.45) is 8.02. The van der Waals surface area contributed by atoms with E-state index in [0.717, 1.165) is 12.3 Å². The summed E-state index contributed by atoms with van der Waals surface area (Å²) in [6.45, 7) is 8.28. The van der Waals surface area contributed by atoms with Gasteiger partial charge in [0, 0.05) is 13.0 Å². The van der Waals surface area contributed by atoms with Gasteiger partial charge >= 0.3 is 0 Å². The molecule has 1 aliphatic rings. The predicted octanol–water partition coefficient (Wildman–Crippen LogP) is 3.51. The van der Waals surface area contributed by atoms with Crippen molar-refractivity contribution < 1.29 is 4.79 Å². The maximum atomic E-state index is 11.2. The van der Waals surface area contributed by atoms with E-state index in [0.29, 0.717) is 6.04 Å². The first kappa shape index (κ1) is 13.5. The lowest BCUT2D eigenvalue weighted by atomic mass is 9.77. The molecule has 1 aliphatic carbocycles. The van der Waals surface area contributed by atoms with Gasteiger partial charge in [-0.05, 0) is 17.8 Å². The molecule has 1 N–H and O–H groups in total. The predicted molar refractivity (Wildman–Crippen MR) is 68.3 cm³/mol. The van der Waals surface area contributed by atoms with Crippen molar-refractivity contribution in [1.29, 1.82) is 0 Å². The molecule has 0 radical (unpaired) electrons. The Morgan fingerprint density at radius 3 is 2.25 bits per heavy atom. The van der Waals surface area contributed by atoms with Crippen LogP contribution in [0.3, 0.4) is 0 Å². The molecule has 0 aromatic heterocycles. The van der Waals surface area contributed by atoms with E-state index in [1.807, 2.05) is 0 Å². The summed E-state index contributed by atoms with van der Waals surface area (Å²) in [5.74, 6) is 0.931. The molecule has 1 amide bonds. The molecule has 0 spiro atoms. The van der Waals surface area contributed by atoms with Gasteiger partial charge in [0.2, 0.25) is 5.91 Å². The van der Waals surface area contributed by atoms with Gasteiger partial charge in [-0.15, -0.1) is 0 Å². The van der Waals surface area contributed by atoms with Gasteiger partial charge in [0.1, 0.15) is 0 Å². The number of carbonyl (C=O) groups excluding carboxylic acids is 1. The summed E-state index contributed by atoms with van der Waals surface area (Å²) in [5.41, 5.74) is 0.170. The Bertz CT molecular complexity index is 223. The lowest BCUT2D eigenvalue weighted by Crippen LogP contribution is -2.44. The van der Waals surface area contributed by atoms with Crippen molar-refractivity contribution in [1.82, 2.24) is 5.32 Å². The highest BCUT2D eigenvalue weighted by Gasteiger charge is 2.28. The van der Waals surface area contributed by atoms with E-state index in [4.69, 9.17) is 0 Å². The lowest BCUT2D eigenvalue weighted by molar-refractivity contribution is -0.120. The van der Waals surface area contributed by atoms with Crippen LogP contribution in [0.15, 0.2) is 0 Å². The largest absolute Gasteiger partial charge is 0.353 e. The van der Waals surface area contributed by atoms with Crippen LogP contribution in [0.4, 0.5) is 0 Å². The van der Waals surface area contributed by atoms with E-state index in [1.54, 1.807) is 6.92 Å². The molecule has 16 heavy (non-hydrogen) atoms. The number of rotatable bonds is 3. The molecule has 0 saturated heterocycles. The molecule has 1 rings (SSSR count). The van der Waals surface area contributed by atoms with Gasteiger partial charge in [0.05, 0.1) is 0 Å². The molecule has 2 heteroatoms. The van der Waals surface area contributed by atoms with E-state index in [2.05, 4.69) is 26.1 Å². The third-order valence-electron chi connectivity index (χ3n) is 3.72. The molecular weight excluding hydrogens is 198 g/mol. The van der Waals surface area contributed by atoms with Crippen LogP contribution in [-0.2, 0) is 4.79 Å². The van der Waals surface area contributed by atoms with E-state index in [9.17, 15) is 4.79 Å². The standard InChI is InChI=1S/C14H27NO/c1-11(16)15-13(14(2,3)4)10-12-8-6-5-7-9-12/h12-13H,5-10H2,1-4H3,(H,15,16). The third-order valence-corrected chi connectivity index (χ3v) is 3.72. The molecule has 2 nitrogen and oxygen atoms in total. The van der Waals surface area contributed by atoms with Crippen LogP contribution in [0.2, 0.25) is 0 Å². The van der Waals surface area contributed by atoms with Gasteiger partial charge in [-0.1, -0.05) is 52.9 Å². The van der Waals surface area contributed by atoms with Crippen molar-refractivity contribution in [2.75, 3.05) is 0 Å². The van der Waals surface area contributed by atoms with Crippen LogP contribution >= 0.6 is 0 Å². The highest BCUT2D eigenvalue weighted by atomic mass is 16.1. The number of hydrogen-bond donors (Lipinski definition) is 1. The molecule has 1 saturated carbocycles. The minimum absolute atomic E-state index is 0.107. The third kappa shape index (κ3) is 4.54. The Morgan fingerprint density at radius 2 is 1.81 bits per heavy atom. The monoisotopic (exact) mass is 225 g/mol. The Kier molecular flexibility index (Phi) is 4.82. The highest BCUT2D eigenvalue weighted by Crippen LogP contribution is 2.32. The Hall–Kier alpha value is -0.530. The zero-order valence-electron chi connectivity index (χ0n) is 11.3. The topological polar surface area (TPSA) is 29.1 Å². The van der Waals surface area contributed by atoms with Crippen molar-refractivity contribution in [2.24, 2.45) is 11.3 Å². The molecular formula is C14H27NO. The molecule has 1 fully saturated rings. The average Bonchev–Trinajstić information content (AvgIpc) is 2.16. The molecule has 0 aromatic rings. The van der Waals surface area contributed by atoms with Crippen molar-refractivity contribution in [3.8, 4) is 0 Å². The normalized spacial score (nSPS) is 20.5. The fourth-order valence-corrected chi connectivity index (χ4v) is 2.63. The van der Waals surface area contributed by atoms with Gasteiger partial charge in [-0.3, -0.25) is 4.79 Å². The van der Waals surface area contributed by atoms with Crippen LogP contribution in [0.25, 0.3) is 0 Å². The second-order valence-electron chi connectivity index (χ2n) is 6.36.